The van der Waals surface area contributed by atoms with Crippen LogP contribution in [0.15, 0.2) is 64.6 Å². The van der Waals surface area contributed by atoms with Gasteiger partial charge in [-0.2, -0.15) is 5.10 Å². The molecule has 0 radical (unpaired) electrons. The first kappa shape index (κ1) is 18.2. The van der Waals surface area contributed by atoms with E-state index in [1.165, 1.54) is 59.7 Å². The van der Waals surface area contributed by atoms with Gasteiger partial charge in [-0.25, -0.2) is 14.1 Å². The number of halogens is 1. The summed E-state index contributed by atoms with van der Waals surface area (Å²) in [5, 5.41) is 6.50. The molecule has 0 saturated heterocycles. The monoisotopic (exact) mass is 369 g/mol. The van der Waals surface area contributed by atoms with E-state index in [0.29, 0.717) is 11.3 Å². The number of hydrogen-bond acceptors (Lipinski definition) is 5. The van der Waals surface area contributed by atoms with E-state index in [2.05, 4.69) is 15.4 Å². The van der Waals surface area contributed by atoms with Crippen LogP contribution in [0.4, 0.5) is 4.39 Å². The molecule has 2 heterocycles. The van der Waals surface area contributed by atoms with E-state index in [1.54, 1.807) is 0 Å². The van der Waals surface area contributed by atoms with Gasteiger partial charge in [-0.15, -0.1) is 0 Å². The zero-order chi connectivity index (χ0) is 19.2. The maximum atomic E-state index is 13.0. The maximum absolute atomic E-state index is 13.0. The number of rotatable bonds is 6. The highest BCUT2D eigenvalue weighted by Gasteiger charge is 2.07. The molecule has 1 amide bonds. The van der Waals surface area contributed by atoms with Crippen molar-refractivity contribution in [1.82, 2.24) is 24.6 Å². The van der Waals surface area contributed by atoms with Crippen molar-refractivity contribution in [3.63, 3.8) is 0 Å². The summed E-state index contributed by atoms with van der Waals surface area (Å²) in [6.45, 7) is 0.223. The van der Waals surface area contributed by atoms with Crippen molar-refractivity contribution < 1.29 is 9.18 Å². The Kier molecular flexibility index (Phi) is 5.50. The summed E-state index contributed by atoms with van der Waals surface area (Å²) in [4.78, 5) is 39.8. The summed E-state index contributed by atoms with van der Waals surface area (Å²) in [7, 11) is 0. The molecule has 138 valence electrons. The van der Waals surface area contributed by atoms with E-state index in [0.717, 1.165) is 4.57 Å². The van der Waals surface area contributed by atoms with Crippen LogP contribution >= 0.6 is 0 Å². The molecule has 0 aliphatic heterocycles. The van der Waals surface area contributed by atoms with E-state index in [1.807, 2.05) is 0 Å². The second-order valence-electron chi connectivity index (χ2n) is 5.68. The van der Waals surface area contributed by atoms with Crippen LogP contribution in [-0.4, -0.2) is 31.8 Å². The number of aromatic nitrogens is 4. The third kappa shape index (κ3) is 4.72. The van der Waals surface area contributed by atoms with Crippen LogP contribution in [0, 0.1) is 5.82 Å². The number of nitrogens with one attached hydrogen (secondary N) is 1. The first-order valence-electron chi connectivity index (χ1n) is 8.14. The molecular weight excluding hydrogens is 353 g/mol. The Balaban J connectivity index is 1.59. The molecule has 0 bridgehead atoms. The van der Waals surface area contributed by atoms with E-state index in [9.17, 15) is 18.8 Å². The fourth-order valence-electron chi connectivity index (χ4n) is 2.39. The minimum Gasteiger partial charge on any atom is -0.353 e. The summed E-state index contributed by atoms with van der Waals surface area (Å²) in [6, 6.07) is 9.80. The Bertz CT molecular complexity index is 1060. The van der Waals surface area contributed by atoms with Gasteiger partial charge >= 0.3 is 0 Å². The molecule has 1 N–H and O–H groups in total. The second kappa shape index (κ2) is 8.17. The average Bonchev–Trinajstić information content (AvgIpc) is 2.66. The van der Waals surface area contributed by atoms with Gasteiger partial charge in [0.15, 0.2) is 0 Å². The fraction of sp³-hybridized carbons (Fsp3) is 0.167. The van der Waals surface area contributed by atoms with Gasteiger partial charge in [0.25, 0.3) is 11.1 Å². The molecule has 3 rings (SSSR count). The summed E-state index contributed by atoms with van der Waals surface area (Å²) < 4.78 is 15.4. The van der Waals surface area contributed by atoms with Crippen molar-refractivity contribution in [2.45, 2.75) is 13.1 Å². The Hall–Kier alpha value is -3.62. The molecule has 27 heavy (non-hydrogen) atoms. The van der Waals surface area contributed by atoms with Crippen molar-refractivity contribution in [3.8, 4) is 11.3 Å². The van der Waals surface area contributed by atoms with E-state index < -0.39 is 11.5 Å². The second-order valence-corrected chi connectivity index (χ2v) is 5.68. The fourth-order valence-corrected chi connectivity index (χ4v) is 2.39. The minimum absolute atomic E-state index is 0.200. The molecule has 3 aromatic rings. The van der Waals surface area contributed by atoms with E-state index in [-0.39, 0.29) is 31.0 Å². The van der Waals surface area contributed by atoms with Crippen molar-refractivity contribution in [2.75, 3.05) is 6.54 Å². The van der Waals surface area contributed by atoms with Crippen LogP contribution in [0.25, 0.3) is 11.3 Å². The summed E-state index contributed by atoms with van der Waals surface area (Å²) in [5.41, 5.74) is 0.334. The summed E-state index contributed by atoms with van der Waals surface area (Å²) in [5.74, 6) is -0.769. The van der Waals surface area contributed by atoms with Crippen molar-refractivity contribution in [1.29, 1.82) is 0 Å². The largest absolute Gasteiger partial charge is 0.353 e. The van der Waals surface area contributed by atoms with Crippen LogP contribution in [0.3, 0.4) is 0 Å². The van der Waals surface area contributed by atoms with Crippen LogP contribution < -0.4 is 16.4 Å². The lowest BCUT2D eigenvalue weighted by Crippen LogP contribution is -2.35. The maximum Gasteiger partial charge on any atom is 0.266 e. The van der Waals surface area contributed by atoms with Gasteiger partial charge in [-0.05, 0) is 30.3 Å². The number of carbonyl (C=O) groups is 1. The molecule has 0 spiro atoms. The predicted molar refractivity (Wildman–Crippen MR) is 95.4 cm³/mol. The summed E-state index contributed by atoms with van der Waals surface area (Å²) >= 11 is 0. The van der Waals surface area contributed by atoms with E-state index >= 15 is 0 Å². The lowest BCUT2D eigenvalue weighted by atomic mass is 10.1. The summed E-state index contributed by atoms with van der Waals surface area (Å²) in [6.07, 6.45) is 2.75. The van der Waals surface area contributed by atoms with Crippen LogP contribution in [-0.2, 0) is 17.9 Å². The molecule has 0 fully saturated rings. The van der Waals surface area contributed by atoms with Crippen LogP contribution in [0.1, 0.15) is 0 Å². The SMILES string of the molecule is O=C(Cn1cnc(-c2ccc(F)cc2)cc1=O)NCCn1ncccc1=O. The lowest BCUT2D eigenvalue weighted by molar-refractivity contribution is -0.121. The zero-order valence-electron chi connectivity index (χ0n) is 14.2. The van der Waals surface area contributed by atoms with Gasteiger partial charge in [0.05, 0.1) is 18.6 Å². The van der Waals surface area contributed by atoms with Gasteiger partial charge in [0.2, 0.25) is 5.91 Å². The highest BCUT2D eigenvalue weighted by molar-refractivity contribution is 5.75. The molecule has 8 nitrogen and oxygen atoms in total. The van der Waals surface area contributed by atoms with Crippen LogP contribution in [0.5, 0.6) is 0 Å². The molecule has 9 heteroatoms. The first-order chi connectivity index (χ1) is 13.0. The van der Waals surface area contributed by atoms with Crippen molar-refractivity contribution >= 4 is 5.91 Å². The molecule has 0 aliphatic rings. The number of amides is 1. The molecule has 1 aromatic carbocycles. The normalized spacial score (nSPS) is 10.6. The zero-order valence-corrected chi connectivity index (χ0v) is 14.2. The topological polar surface area (TPSA) is 98.9 Å². The quantitative estimate of drug-likeness (QED) is 0.679. The highest BCUT2D eigenvalue weighted by Crippen LogP contribution is 2.14. The first-order valence-corrected chi connectivity index (χ1v) is 8.14. The molecule has 0 saturated carbocycles. The van der Waals surface area contributed by atoms with Gasteiger partial charge in [-0.1, -0.05) is 0 Å². The molecule has 0 aliphatic carbocycles. The number of hydrogen-bond donors (Lipinski definition) is 1. The molecular formula is C18H16FN5O3. The molecule has 0 unspecified atom stereocenters. The van der Waals surface area contributed by atoms with Crippen molar-refractivity contribution in [2.24, 2.45) is 0 Å². The van der Waals surface area contributed by atoms with Crippen LogP contribution in [0.2, 0.25) is 0 Å². The van der Waals surface area contributed by atoms with Gasteiger partial charge in [0.1, 0.15) is 12.4 Å². The van der Waals surface area contributed by atoms with Gasteiger partial charge in [0, 0.05) is 30.4 Å². The Morgan fingerprint density at radius 1 is 1.11 bits per heavy atom. The smallest absolute Gasteiger partial charge is 0.266 e. The van der Waals surface area contributed by atoms with Crippen molar-refractivity contribution in [3.05, 3.63) is 81.5 Å². The van der Waals surface area contributed by atoms with Gasteiger partial charge < -0.3 is 5.32 Å². The Morgan fingerprint density at radius 2 is 1.89 bits per heavy atom. The standard InChI is InChI=1S/C18H16FN5O3/c19-14-5-3-13(4-6-14)15-10-18(27)23(12-21-15)11-16(25)20-8-9-24-17(26)2-1-7-22-24/h1-7,10,12H,8-9,11H2,(H,20,25). The Morgan fingerprint density at radius 3 is 2.59 bits per heavy atom. The number of nitrogens with zero attached hydrogens (tertiary/aromatic N) is 4. The molecule has 0 atom stereocenters. The number of carbonyl (C=O) groups excluding carboxylic acids is 1. The molecule has 2 aromatic heterocycles. The third-order valence-electron chi connectivity index (χ3n) is 3.76. The predicted octanol–water partition coefficient (Wildman–Crippen LogP) is 0.422. The van der Waals surface area contributed by atoms with E-state index in [4.69, 9.17) is 0 Å². The average molecular weight is 369 g/mol. The number of benzene rings is 1. The minimum atomic E-state index is -0.402. The third-order valence-corrected chi connectivity index (χ3v) is 3.76. The Labute approximate surface area is 152 Å². The highest BCUT2D eigenvalue weighted by atomic mass is 19.1. The lowest BCUT2D eigenvalue weighted by Gasteiger charge is -2.08. The van der Waals surface area contributed by atoms with Gasteiger partial charge in [-0.3, -0.25) is 19.0 Å².